The Hall–Kier alpha value is -1.70. The van der Waals surface area contributed by atoms with Crippen LogP contribution in [-0.4, -0.2) is 26.9 Å². The van der Waals surface area contributed by atoms with Gasteiger partial charge < -0.3 is 5.32 Å². The molecule has 0 aliphatic heterocycles. The van der Waals surface area contributed by atoms with Crippen molar-refractivity contribution in [2.75, 3.05) is 6.54 Å². The summed E-state index contributed by atoms with van der Waals surface area (Å²) in [5, 5.41) is 4.81. The lowest BCUT2D eigenvalue weighted by Gasteiger charge is -2.21. The summed E-state index contributed by atoms with van der Waals surface area (Å²) in [4.78, 5) is 13.7. The van der Waals surface area contributed by atoms with Crippen molar-refractivity contribution in [2.45, 2.75) is 31.2 Å². The highest BCUT2D eigenvalue weighted by molar-refractivity contribution is 7.89. The summed E-state index contributed by atoms with van der Waals surface area (Å²) in [6.45, 7) is 4.11. The molecule has 0 bridgehead atoms. The average Bonchev–Trinajstić information content (AvgIpc) is 3.06. The van der Waals surface area contributed by atoms with Crippen molar-refractivity contribution < 1.29 is 13.2 Å². The van der Waals surface area contributed by atoms with E-state index < -0.39 is 16.1 Å². The number of carbonyl (C=O) groups excluding carboxylic acids is 1. The summed E-state index contributed by atoms with van der Waals surface area (Å²) >= 11 is 1.63. The molecule has 0 saturated heterocycles. The van der Waals surface area contributed by atoms with Gasteiger partial charge in [0.25, 0.3) is 0 Å². The van der Waals surface area contributed by atoms with Crippen LogP contribution < -0.4 is 10.0 Å². The Morgan fingerprint density at radius 3 is 2.42 bits per heavy atom. The highest BCUT2D eigenvalue weighted by Crippen LogP contribution is 2.12. The van der Waals surface area contributed by atoms with Crippen LogP contribution in [0.3, 0.4) is 0 Å². The first-order valence-electron chi connectivity index (χ1n) is 7.77. The molecule has 0 fully saturated rings. The van der Waals surface area contributed by atoms with Crippen molar-refractivity contribution in [3.63, 3.8) is 0 Å². The van der Waals surface area contributed by atoms with Gasteiger partial charge in [-0.25, -0.2) is 8.42 Å². The van der Waals surface area contributed by atoms with E-state index in [9.17, 15) is 13.2 Å². The third-order valence-corrected chi connectivity index (χ3v) is 5.93. The number of hydrogen-bond acceptors (Lipinski definition) is 4. The minimum atomic E-state index is -3.73. The minimum absolute atomic E-state index is 0.155. The predicted molar refractivity (Wildman–Crippen MR) is 96.4 cm³/mol. The minimum Gasteiger partial charge on any atom is -0.354 e. The number of carbonyl (C=O) groups is 1. The SMILES string of the molecule is CC(C)[C@H](NS(=O)(=O)c1ccccc1)C(=O)NCCc1cccs1. The van der Waals surface area contributed by atoms with Gasteiger partial charge in [-0.15, -0.1) is 11.3 Å². The number of thiophene rings is 1. The molecule has 2 rings (SSSR count). The quantitative estimate of drug-likeness (QED) is 0.753. The molecule has 2 aromatic rings. The number of rotatable bonds is 8. The second-order valence-corrected chi connectivity index (χ2v) is 8.52. The van der Waals surface area contributed by atoms with Crippen molar-refractivity contribution >= 4 is 27.3 Å². The van der Waals surface area contributed by atoms with E-state index in [1.165, 1.54) is 17.0 Å². The first-order valence-corrected chi connectivity index (χ1v) is 10.1. The first kappa shape index (κ1) is 18.6. The van der Waals surface area contributed by atoms with Crippen LogP contribution in [0.4, 0.5) is 0 Å². The average molecular weight is 367 g/mol. The number of amides is 1. The van der Waals surface area contributed by atoms with Gasteiger partial charge in [-0.05, 0) is 35.9 Å². The van der Waals surface area contributed by atoms with Crippen molar-refractivity contribution in [3.8, 4) is 0 Å². The van der Waals surface area contributed by atoms with Gasteiger partial charge in [0.1, 0.15) is 6.04 Å². The van der Waals surface area contributed by atoms with Crippen LogP contribution >= 0.6 is 11.3 Å². The van der Waals surface area contributed by atoms with Gasteiger partial charge in [-0.3, -0.25) is 4.79 Å². The number of hydrogen-bond donors (Lipinski definition) is 2. The fraction of sp³-hybridized carbons (Fsp3) is 0.353. The smallest absolute Gasteiger partial charge is 0.241 e. The molecule has 1 atom stereocenters. The van der Waals surface area contributed by atoms with Gasteiger partial charge in [-0.1, -0.05) is 38.1 Å². The second-order valence-electron chi connectivity index (χ2n) is 5.78. The maximum absolute atomic E-state index is 12.4. The van der Waals surface area contributed by atoms with Crippen LogP contribution in [0.25, 0.3) is 0 Å². The third-order valence-electron chi connectivity index (χ3n) is 3.54. The molecular weight excluding hydrogens is 344 g/mol. The molecule has 0 radical (unpaired) electrons. The lowest BCUT2D eigenvalue weighted by Crippen LogP contribution is -2.49. The molecule has 1 amide bonds. The van der Waals surface area contributed by atoms with Crippen molar-refractivity contribution in [2.24, 2.45) is 5.92 Å². The zero-order chi connectivity index (χ0) is 17.6. The van der Waals surface area contributed by atoms with E-state index >= 15 is 0 Å². The fourth-order valence-electron chi connectivity index (χ4n) is 2.20. The summed E-state index contributed by atoms with van der Waals surface area (Å²) in [6, 6.07) is 11.2. The van der Waals surface area contributed by atoms with Crippen LogP contribution in [0.15, 0.2) is 52.7 Å². The summed E-state index contributed by atoms with van der Waals surface area (Å²) in [5.74, 6) is -0.466. The van der Waals surface area contributed by atoms with E-state index in [0.717, 1.165) is 6.42 Å². The van der Waals surface area contributed by atoms with Crippen LogP contribution in [-0.2, 0) is 21.2 Å². The summed E-state index contributed by atoms with van der Waals surface area (Å²) in [6.07, 6.45) is 0.736. The normalized spacial score (nSPS) is 13.0. The van der Waals surface area contributed by atoms with Gasteiger partial charge in [0.15, 0.2) is 0 Å². The summed E-state index contributed by atoms with van der Waals surface area (Å²) in [5.41, 5.74) is 0. The van der Waals surface area contributed by atoms with Gasteiger partial charge in [0.05, 0.1) is 4.90 Å². The molecule has 1 aromatic heterocycles. The van der Waals surface area contributed by atoms with Crippen molar-refractivity contribution in [1.29, 1.82) is 0 Å². The van der Waals surface area contributed by atoms with E-state index in [2.05, 4.69) is 10.0 Å². The Morgan fingerprint density at radius 2 is 1.83 bits per heavy atom. The first-order chi connectivity index (χ1) is 11.4. The topological polar surface area (TPSA) is 75.3 Å². The molecule has 130 valence electrons. The molecule has 1 aromatic carbocycles. The Labute approximate surface area is 147 Å². The van der Waals surface area contributed by atoms with E-state index in [0.29, 0.717) is 6.54 Å². The maximum atomic E-state index is 12.4. The van der Waals surface area contributed by atoms with Crippen LogP contribution in [0, 0.1) is 5.92 Å². The van der Waals surface area contributed by atoms with Gasteiger partial charge in [0, 0.05) is 11.4 Å². The summed E-state index contributed by atoms with van der Waals surface area (Å²) < 4.78 is 27.4. The van der Waals surface area contributed by atoms with E-state index in [1.54, 1.807) is 29.5 Å². The van der Waals surface area contributed by atoms with Gasteiger partial charge >= 0.3 is 0 Å². The Balaban J connectivity index is 1.99. The third kappa shape index (κ3) is 5.15. The highest BCUT2D eigenvalue weighted by Gasteiger charge is 2.28. The van der Waals surface area contributed by atoms with Crippen LogP contribution in [0.1, 0.15) is 18.7 Å². The van der Waals surface area contributed by atoms with Gasteiger partial charge in [0.2, 0.25) is 15.9 Å². The lowest BCUT2D eigenvalue weighted by molar-refractivity contribution is -0.123. The van der Waals surface area contributed by atoms with Gasteiger partial charge in [-0.2, -0.15) is 4.72 Å². The zero-order valence-electron chi connectivity index (χ0n) is 13.7. The lowest BCUT2D eigenvalue weighted by atomic mass is 10.1. The molecule has 0 saturated carbocycles. The fourth-order valence-corrected chi connectivity index (χ4v) is 4.27. The van der Waals surface area contributed by atoms with Crippen molar-refractivity contribution in [3.05, 3.63) is 52.7 Å². The molecule has 0 aliphatic rings. The molecule has 5 nitrogen and oxygen atoms in total. The zero-order valence-corrected chi connectivity index (χ0v) is 15.4. The second kappa shape index (κ2) is 8.41. The number of sulfonamides is 1. The van der Waals surface area contributed by atoms with E-state index in [1.807, 2.05) is 31.4 Å². The number of nitrogens with one attached hydrogen (secondary N) is 2. The molecule has 0 unspecified atom stereocenters. The molecule has 24 heavy (non-hydrogen) atoms. The monoisotopic (exact) mass is 366 g/mol. The Kier molecular flexibility index (Phi) is 6.53. The molecule has 1 heterocycles. The van der Waals surface area contributed by atoms with E-state index in [4.69, 9.17) is 0 Å². The molecule has 7 heteroatoms. The Morgan fingerprint density at radius 1 is 1.12 bits per heavy atom. The van der Waals surface area contributed by atoms with Crippen LogP contribution in [0.2, 0.25) is 0 Å². The molecule has 0 spiro atoms. The summed E-state index contributed by atoms with van der Waals surface area (Å²) in [7, 11) is -3.73. The van der Waals surface area contributed by atoms with Crippen molar-refractivity contribution in [1.82, 2.24) is 10.0 Å². The largest absolute Gasteiger partial charge is 0.354 e. The maximum Gasteiger partial charge on any atom is 0.241 e. The molecule has 2 N–H and O–H groups in total. The number of benzene rings is 1. The molecular formula is C17H22N2O3S2. The molecule has 0 aliphatic carbocycles. The van der Waals surface area contributed by atoms with E-state index in [-0.39, 0.29) is 16.7 Å². The van der Waals surface area contributed by atoms with Crippen LogP contribution in [0.5, 0.6) is 0 Å². The Bertz CT molecular complexity index is 741. The standard InChI is InChI=1S/C17H22N2O3S2/c1-13(2)16(17(20)18-11-10-14-7-6-12-23-14)19-24(21,22)15-8-4-3-5-9-15/h3-9,12-13,16,19H,10-11H2,1-2H3,(H,18,20)/t16-/m0/s1. The highest BCUT2D eigenvalue weighted by atomic mass is 32.2. The predicted octanol–water partition coefficient (Wildman–Crippen LogP) is 2.41.